The monoisotopic (exact) mass is 1020 g/mol. The van der Waals surface area contributed by atoms with Crippen molar-refractivity contribution in [1.82, 2.24) is 46.8 Å². The molecule has 2 rings (SSSR count). The molecule has 2 heterocycles. The number of guanidine groups is 1. The van der Waals surface area contributed by atoms with Gasteiger partial charge in [-0.15, -0.1) is 0 Å². The summed E-state index contributed by atoms with van der Waals surface area (Å²) in [6.07, 6.45) is 4.70. The molecule has 0 aliphatic carbocycles. The minimum atomic E-state index is -1.57. The molecular formula is C43H77N19O10. The predicted octanol–water partition coefficient (Wildman–Crippen LogP) is -7.35. The number of carbonyl (C=O) groups excluding carboxylic acids is 9. The molecule has 9 amide bonds. The Morgan fingerprint density at radius 2 is 1.42 bits per heavy atom. The van der Waals surface area contributed by atoms with Crippen molar-refractivity contribution >= 4 is 64.8 Å². The average molecular weight is 1020 g/mol. The largest absolute Gasteiger partial charge is 0.389 e. The molecule has 1 aromatic rings. The summed E-state index contributed by atoms with van der Waals surface area (Å²) < 4.78 is 0. The Balaban J connectivity index is 2.23. The number of aromatic amines is 1. The van der Waals surface area contributed by atoms with Gasteiger partial charge in [-0.05, 0) is 97.2 Å². The number of hydrogen-bond donors (Lipinski definition) is 16. The molecule has 1 aromatic heterocycles. The molecule has 29 nitrogen and oxygen atoms in total. The standard InChI is InChI=1S/C43H77N19O10/c1-24(56-41(71)34(32(63)20-47)61-37(67)26(48)9-2-4-14-44)36(66)54-22-33(64)57-29(11-6-16-46)42(72)62-18-8-13-31(62)40(70)60-30(19-25-21-52-23-55-25)39(69)59-28(10-3-5-15-45)38(68)58-27(35(49)65)12-7-17-53-43(50)51/h21,23-24,26-28,30-32,34,63H,2-20,22,44-48H2,1H3,(H2,49,65)(H,52,55)(H,54,66)(H,56,71)(H,58,68)(H,59,69)(H,60,70)(H,61,67)(H4,50,51,53)/t24-,26-,27+,28-,30-,31-,32-,34-/m0/s1. The first kappa shape index (κ1) is 61.5. The summed E-state index contributed by atoms with van der Waals surface area (Å²) in [5.41, 5.74) is 44.9. The van der Waals surface area contributed by atoms with E-state index in [-0.39, 0.29) is 76.3 Å². The van der Waals surface area contributed by atoms with E-state index in [1.54, 1.807) is 0 Å². The van der Waals surface area contributed by atoms with E-state index in [0.29, 0.717) is 57.3 Å². The Hall–Kier alpha value is -6.66. The number of nitrogens with zero attached hydrogens (tertiary/aromatic N) is 4. The van der Waals surface area contributed by atoms with Gasteiger partial charge in [0.15, 0.2) is 5.96 Å². The quantitative estimate of drug-likeness (QED) is 0.0173. The number of imidazole rings is 1. The zero-order chi connectivity index (χ0) is 53.8. The maximum atomic E-state index is 14.1. The fourth-order valence-electron chi connectivity index (χ4n) is 7.36. The number of aliphatic hydroxyl groups is 1. The van der Waals surface area contributed by atoms with E-state index in [0.717, 1.165) is 0 Å². The lowest BCUT2D eigenvalue weighted by molar-refractivity contribution is -0.137. The number of nitrogens with two attached hydrogens (primary N) is 8. The number of aliphatic imine (C=N–C) groups is 2. The molecule has 0 aromatic carbocycles. The molecule has 1 aliphatic rings. The van der Waals surface area contributed by atoms with E-state index in [9.17, 15) is 48.3 Å². The van der Waals surface area contributed by atoms with Crippen LogP contribution in [0.15, 0.2) is 22.5 Å². The molecule has 1 saturated heterocycles. The van der Waals surface area contributed by atoms with Crippen LogP contribution in [0.2, 0.25) is 0 Å². The summed E-state index contributed by atoms with van der Waals surface area (Å²) in [5.74, 6) is -7.43. The van der Waals surface area contributed by atoms with Gasteiger partial charge in [-0.25, -0.2) is 9.98 Å². The van der Waals surface area contributed by atoms with Crippen molar-refractivity contribution in [3.05, 3.63) is 18.2 Å². The van der Waals surface area contributed by atoms with Crippen LogP contribution in [0.4, 0.5) is 0 Å². The van der Waals surface area contributed by atoms with Crippen LogP contribution < -0.4 is 77.8 Å². The number of rotatable bonds is 34. The van der Waals surface area contributed by atoms with Crippen molar-refractivity contribution in [2.45, 2.75) is 139 Å². The Kier molecular flexibility index (Phi) is 28.2. The van der Waals surface area contributed by atoms with Crippen LogP contribution in [0.3, 0.4) is 0 Å². The SMILES string of the molecule is C[C@H](NC(=O)[C@@H](NC(=O)[C@@H](N)CCCCN)[C@@H](O)CN)C(=O)NCC(=O)N=C(CCCN)C(=O)N1CCC[C@H]1C(=O)N[C@@H](Cc1cnc[nH]1)C(=O)N[C@@H](CCCCN)C(=O)N[C@H](CCCN=C(N)N)C(N)=O. The van der Waals surface area contributed by atoms with Gasteiger partial charge in [0.1, 0.15) is 42.0 Å². The Morgan fingerprint density at radius 3 is 2.03 bits per heavy atom. The van der Waals surface area contributed by atoms with Gasteiger partial charge in [-0.3, -0.25) is 48.1 Å². The van der Waals surface area contributed by atoms with Crippen molar-refractivity contribution in [2.24, 2.45) is 55.9 Å². The topological polar surface area (TPSA) is 511 Å². The number of unbranched alkanes of at least 4 members (excludes halogenated alkanes) is 2. The van der Waals surface area contributed by atoms with Crippen LogP contribution in [0.25, 0.3) is 0 Å². The number of nitrogens with one attached hydrogen (secondary N) is 7. The molecule has 72 heavy (non-hydrogen) atoms. The highest BCUT2D eigenvalue weighted by Gasteiger charge is 2.39. The lowest BCUT2D eigenvalue weighted by Crippen LogP contribution is -2.60. The van der Waals surface area contributed by atoms with E-state index in [1.165, 1.54) is 24.3 Å². The Bertz CT molecular complexity index is 2000. The van der Waals surface area contributed by atoms with Crippen LogP contribution >= 0.6 is 0 Å². The second kappa shape index (κ2) is 33.1. The van der Waals surface area contributed by atoms with Crippen LogP contribution in [-0.2, 0) is 49.6 Å². The highest BCUT2D eigenvalue weighted by atomic mass is 16.3. The summed E-state index contributed by atoms with van der Waals surface area (Å²) in [7, 11) is 0. The number of hydrogen-bond acceptors (Lipinski definition) is 17. The van der Waals surface area contributed by atoms with E-state index in [2.05, 4.69) is 51.9 Å². The van der Waals surface area contributed by atoms with Crippen molar-refractivity contribution in [1.29, 1.82) is 0 Å². The van der Waals surface area contributed by atoms with Gasteiger partial charge in [-0.2, -0.15) is 0 Å². The zero-order valence-electron chi connectivity index (χ0n) is 40.9. The van der Waals surface area contributed by atoms with Crippen LogP contribution in [0.5, 0.6) is 0 Å². The molecule has 404 valence electrons. The number of aromatic nitrogens is 2. The molecule has 1 aliphatic heterocycles. The fraction of sp³-hybridized carbons (Fsp3) is 0.674. The number of amides is 9. The average Bonchev–Trinajstić information content (AvgIpc) is 4.06. The van der Waals surface area contributed by atoms with Crippen molar-refractivity contribution in [3.63, 3.8) is 0 Å². The van der Waals surface area contributed by atoms with Gasteiger partial charge in [0.25, 0.3) is 11.8 Å². The molecule has 24 N–H and O–H groups in total. The molecule has 0 radical (unpaired) electrons. The minimum absolute atomic E-state index is 0.0784. The number of aliphatic hydroxyl groups excluding tert-OH is 1. The third-order valence-corrected chi connectivity index (χ3v) is 11.4. The maximum absolute atomic E-state index is 14.1. The van der Waals surface area contributed by atoms with Gasteiger partial charge < -0.3 is 92.8 Å². The first-order valence-corrected chi connectivity index (χ1v) is 24.0. The van der Waals surface area contributed by atoms with Gasteiger partial charge in [0.2, 0.25) is 41.4 Å². The van der Waals surface area contributed by atoms with Gasteiger partial charge in [-0.1, -0.05) is 6.42 Å². The molecule has 1 fully saturated rings. The number of likely N-dealkylation sites (tertiary alicyclic amines) is 1. The second-order valence-corrected chi connectivity index (χ2v) is 17.2. The normalized spacial score (nSPS) is 16.4. The fourth-order valence-corrected chi connectivity index (χ4v) is 7.36. The van der Waals surface area contributed by atoms with E-state index in [4.69, 9.17) is 45.9 Å². The zero-order valence-corrected chi connectivity index (χ0v) is 40.9. The minimum Gasteiger partial charge on any atom is -0.389 e. The predicted molar refractivity (Wildman–Crippen MR) is 264 cm³/mol. The highest BCUT2D eigenvalue weighted by molar-refractivity contribution is 6.40. The molecule has 0 unspecified atom stereocenters. The highest BCUT2D eigenvalue weighted by Crippen LogP contribution is 2.20. The van der Waals surface area contributed by atoms with Crippen molar-refractivity contribution < 1.29 is 48.3 Å². The summed E-state index contributed by atoms with van der Waals surface area (Å²) in [4.78, 5) is 136. The van der Waals surface area contributed by atoms with Crippen molar-refractivity contribution in [2.75, 3.05) is 45.8 Å². The summed E-state index contributed by atoms with van der Waals surface area (Å²) >= 11 is 0. The smallest absolute Gasteiger partial charge is 0.269 e. The first-order chi connectivity index (χ1) is 34.3. The summed E-state index contributed by atoms with van der Waals surface area (Å²) in [6, 6.07) is -8.63. The Morgan fingerprint density at radius 1 is 0.778 bits per heavy atom. The van der Waals surface area contributed by atoms with E-state index >= 15 is 0 Å². The van der Waals surface area contributed by atoms with Gasteiger partial charge in [0, 0.05) is 37.9 Å². The number of carbonyl (C=O) groups is 9. The summed E-state index contributed by atoms with van der Waals surface area (Å²) in [6.45, 7) is 1.21. The third kappa shape index (κ3) is 21.8. The molecule has 0 bridgehead atoms. The first-order valence-electron chi connectivity index (χ1n) is 24.0. The lowest BCUT2D eigenvalue weighted by atomic mass is 10.0. The molecule has 8 atom stereocenters. The molecule has 0 spiro atoms. The van der Waals surface area contributed by atoms with Crippen molar-refractivity contribution in [3.8, 4) is 0 Å². The van der Waals surface area contributed by atoms with Gasteiger partial charge >= 0.3 is 0 Å². The molecule has 0 saturated carbocycles. The van der Waals surface area contributed by atoms with Crippen LogP contribution in [0.1, 0.15) is 89.7 Å². The summed E-state index contributed by atoms with van der Waals surface area (Å²) in [5, 5.41) is 25.4. The lowest BCUT2D eigenvalue weighted by Gasteiger charge is -2.28. The molecular weight excluding hydrogens is 943 g/mol. The van der Waals surface area contributed by atoms with E-state index in [1.807, 2.05) is 0 Å². The van der Waals surface area contributed by atoms with Crippen LogP contribution in [0, 0.1) is 0 Å². The van der Waals surface area contributed by atoms with Gasteiger partial charge in [0.05, 0.1) is 25.0 Å². The third-order valence-electron chi connectivity index (χ3n) is 11.4. The van der Waals surface area contributed by atoms with E-state index < -0.39 is 115 Å². The molecule has 29 heteroatoms. The number of H-pyrrole nitrogens is 1. The Labute approximate surface area is 417 Å². The van der Waals surface area contributed by atoms with Crippen LogP contribution in [-0.4, -0.2) is 179 Å². The second-order valence-electron chi connectivity index (χ2n) is 17.2. The number of primary amides is 1. The maximum Gasteiger partial charge on any atom is 0.269 e.